The van der Waals surface area contributed by atoms with Gasteiger partial charge in [0.2, 0.25) is 0 Å². The number of likely N-dealkylation sites (N-methyl/N-ethyl adjacent to an activating group) is 1. The number of fused-ring (bicyclic) bond motifs is 1. The molecular weight excluding hydrogens is 228 g/mol. The van der Waals surface area contributed by atoms with E-state index < -0.39 is 6.10 Å². The first kappa shape index (κ1) is 11.4. The minimum absolute atomic E-state index is 0.0106. The molecule has 0 aliphatic carbocycles. The first-order valence-electron chi connectivity index (χ1n) is 6.50. The minimum Gasteiger partial charge on any atom is -0.479 e. The Bertz CT molecular complexity index is 481. The number of amides is 1. The Morgan fingerprint density at radius 2 is 2.00 bits per heavy atom. The molecule has 0 radical (unpaired) electrons. The van der Waals surface area contributed by atoms with Crippen LogP contribution in [0.25, 0.3) is 0 Å². The van der Waals surface area contributed by atoms with Crippen LogP contribution in [-0.2, 0) is 4.79 Å². The number of benzene rings is 1. The van der Waals surface area contributed by atoms with Gasteiger partial charge in [-0.3, -0.25) is 4.79 Å². The van der Waals surface area contributed by atoms with Crippen LogP contribution in [0.3, 0.4) is 0 Å². The van der Waals surface area contributed by atoms with Gasteiger partial charge in [-0.15, -0.1) is 0 Å². The van der Waals surface area contributed by atoms with Crippen LogP contribution in [0.1, 0.15) is 19.8 Å². The van der Waals surface area contributed by atoms with E-state index >= 15 is 0 Å². The van der Waals surface area contributed by atoms with Crippen LogP contribution in [0.15, 0.2) is 18.2 Å². The number of anilines is 2. The van der Waals surface area contributed by atoms with Crippen molar-refractivity contribution >= 4 is 17.3 Å². The molecule has 0 N–H and O–H groups in total. The zero-order valence-electron chi connectivity index (χ0n) is 10.8. The van der Waals surface area contributed by atoms with E-state index in [9.17, 15) is 4.79 Å². The van der Waals surface area contributed by atoms with E-state index in [1.807, 2.05) is 6.07 Å². The summed E-state index contributed by atoms with van der Waals surface area (Å²) in [5, 5.41) is 0. The van der Waals surface area contributed by atoms with Crippen molar-refractivity contribution in [1.82, 2.24) is 0 Å². The molecule has 0 aromatic heterocycles. The largest absolute Gasteiger partial charge is 0.479 e. The van der Waals surface area contributed by atoms with E-state index in [2.05, 4.69) is 17.0 Å². The average Bonchev–Trinajstić information content (AvgIpc) is 2.89. The fourth-order valence-electron chi connectivity index (χ4n) is 2.68. The number of hydrogen-bond acceptors (Lipinski definition) is 3. The maximum atomic E-state index is 11.8. The fraction of sp³-hybridized carbons (Fsp3) is 0.500. The summed E-state index contributed by atoms with van der Waals surface area (Å²) in [4.78, 5) is 15.9. The molecule has 1 atom stereocenters. The van der Waals surface area contributed by atoms with Crippen LogP contribution in [0.4, 0.5) is 11.4 Å². The van der Waals surface area contributed by atoms with E-state index in [0.29, 0.717) is 0 Å². The monoisotopic (exact) mass is 246 g/mol. The molecule has 2 aliphatic heterocycles. The van der Waals surface area contributed by atoms with E-state index in [1.165, 1.54) is 18.5 Å². The molecule has 0 spiro atoms. The highest BCUT2D eigenvalue weighted by Gasteiger charge is 2.29. The summed E-state index contributed by atoms with van der Waals surface area (Å²) in [7, 11) is 1.80. The van der Waals surface area contributed by atoms with Crippen molar-refractivity contribution in [3.63, 3.8) is 0 Å². The Balaban J connectivity index is 1.95. The van der Waals surface area contributed by atoms with Crippen molar-refractivity contribution in [2.75, 3.05) is 29.9 Å². The fourth-order valence-corrected chi connectivity index (χ4v) is 2.68. The van der Waals surface area contributed by atoms with Gasteiger partial charge in [-0.05, 0) is 31.9 Å². The van der Waals surface area contributed by atoms with Crippen molar-refractivity contribution in [3.8, 4) is 5.75 Å². The van der Waals surface area contributed by atoms with Crippen LogP contribution in [-0.4, -0.2) is 32.1 Å². The van der Waals surface area contributed by atoms with Gasteiger partial charge in [-0.25, -0.2) is 0 Å². The molecular formula is C14H18N2O2. The maximum absolute atomic E-state index is 11.8. The molecule has 1 fully saturated rings. The third-order valence-electron chi connectivity index (χ3n) is 3.76. The molecule has 1 amide bonds. The van der Waals surface area contributed by atoms with Crippen LogP contribution >= 0.6 is 0 Å². The Labute approximate surface area is 107 Å². The van der Waals surface area contributed by atoms with E-state index in [-0.39, 0.29) is 5.91 Å². The number of hydrogen-bond donors (Lipinski definition) is 0. The quantitative estimate of drug-likeness (QED) is 0.760. The Kier molecular flexibility index (Phi) is 2.65. The topological polar surface area (TPSA) is 32.8 Å². The molecule has 4 nitrogen and oxygen atoms in total. The Hall–Kier alpha value is -1.71. The molecule has 0 saturated carbocycles. The van der Waals surface area contributed by atoms with Crippen LogP contribution in [0.2, 0.25) is 0 Å². The second-order valence-corrected chi connectivity index (χ2v) is 5.00. The molecule has 1 saturated heterocycles. The summed E-state index contributed by atoms with van der Waals surface area (Å²) >= 11 is 0. The van der Waals surface area contributed by atoms with Gasteiger partial charge in [0.15, 0.2) is 6.10 Å². The van der Waals surface area contributed by atoms with Gasteiger partial charge in [0, 0.05) is 31.9 Å². The second-order valence-electron chi connectivity index (χ2n) is 5.00. The average molecular weight is 246 g/mol. The number of nitrogens with zero attached hydrogens (tertiary/aromatic N) is 2. The van der Waals surface area contributed by atoms with Gasteiger partial charge in [0.25, 0.3) is 5.91 Å². The summed E-state index contributed by atoms with van der Waals surface area (Å²) in [5.41, 5.74) is 2.06. The minimum atomic E-state index is -0.392. The SMILES string of the molecule is CC1Oc2cc(N3CCCC3)ccc2N(C)C1=O. The first-order chi connectivity index (χ1) is 8.66. The summed E-state index contributed by atoms with van der Waals surface area (Å²) < 4.78 is 5.70. The maximum Gasteiger partial charge on any atom is 0.267 e. The molecule has 18 heavy (non-hydrogen) atoms. The van der Waals surface area contributed by atoms with Crippen molar-refractivity contribution in [2.45, 2.75) is 25.9 Å². The highest BCUT2D eigenvalue weighted by atomic mass is 16.5. The lowest BCUT2D eigenvalue weighted by molar-refractivity contribution is -0.125. The lowest BCUT2D eigenvalue weighted by Gasteiger charge is -2.31. The van der Waals surface area contributed by atoms with Crippen molar-refractivity contribution < 1.29 is 9.53 Å². The third-order valence-corrected chi connectivity index (χ3v) is 3.76. The van der Waals surface area contributed by atoms with Gasteiger partial charge in [-0.1, -0.05) is 0 Å². The number of rotatable bonds is 1. The van der Waals surface area contributed by atoms with Gasteiger partial charge in [0.1, 0.15) is 5.75 Å². The first-order valence-corrected chi connectivity index (χ1v) is 6.50. The molecule has 96 valence electrons. The summed E-state index contributed by atoms with van der Waals surface area (Å²) in [6, 6.07) is 6.11. The second kappa shape index (κ2) is 4.19. The molecule has 0 bridgehead atoms. The molecule has 1 unspecified atom stereocenters. The van der Waals surface area contributed by atoms with Crippen LogP contribution < -0.4 is 14.5 Å². The lowest BCUT2D eigenvalue weighted by Crippen LogP contribution is -2.42. The summed E-state index contributed by atoms with van der Waals surface area (Å²) in [6.45, 7) is 4.02. The van der Waals surface area contributed by atoms with Crippen molar-refractivity contribution in [2.24, 2.45) is 0 Å². The number of carbonyl (C=O) groups is 1. The highest BCUT2D eigenvalue weighted by molar-refractivity contribution is 5.99. The van der Waals surface area contributed by atoms with Gasteiger partial charge >= 0.3 is 0 Å². The molecule has 2 aliphatic rings. The number of carbonyl (C=O) groups excluding carboxylic acids is 1. The van der Waals surface area contributed by atoms with Crippen molar-refractivity contribution in [3.05, 3.63) is 18.2 Å². The standard InChI is InChI=1S/C14H18N2O2/c1-10-14(17)15(2)12-6-5-11(9-13(12)18-10)16-7-3-4-8-16/h5-6,9-10H,3-4,7-8H2,1-2H3. The zero-order chi connectivity index (χ0) is 12.7. The van der Waals surface area contributed by atoms with Gasteiger partial charge in [0.05, 0.1) is 5.69 Å². The normalized spacial score (nSPS) is 23.0. The molecule has 3 rings (SSSR count). The predicted octanol–water partition coefficient (Wildman–Crippen LogP) is 2.03. The van der Waals surface area contributed by atoms with E-state index in [1.54, 1.807) is 18.9 Å². The third kappa shape index (κ3) is 1.72. The molecule has 4 heteroatoms. The zero-order valence-corrected chi connectivity index (χ0v) is 10.8. The highest BCUT2D eigenvalue weighted by Crippen LogP contribution is 2.37. The number of ether oxygens (including phenoxy) is 1. The predicted molar refractivity (Wildman–Crippen MR) is 71.4 cm³/mol. The van der Waals surface area contributed by atoms with E-state index in [0.717, 1.165) is 24.5 Å². The van der Waals surface area contributed by atoms with Crippen molar-refractivity contribution in [1.29, 1.82) is 0 Å². The molecule has 2 heterocycles. The molecule has 1 aromatic rings. The Morgan fingerprint density at radius 1 is 1.28 bits per heavy atom. The van der Waals surface area contributed by atoms with Gasteiger partial charge < -0.3 is 14.5 Å². The van der Waals surface area contributed by atoms with Gasteiger partial charge in [-0.2, -0.15) is 0 Å². The van der Waals surface area contributed by atoms with E-state index in [4.69, 9.17) is 4.74 Å². The smallest absolute Gasteiger partial charge is 0.267 e. The van der Waals surface area contributed by atoms with Crippen LogP contribution in [0, 0.1) is 0 Å². The summed E-state index contributed by atoms with van der Waals surface area (Å²) in [5.74, 6) is 0.824. The van der Waals surface area contributed by atoms with Crippen LogP contribution in [0.5, 0.6) is 5.75 Å². The Morgan fingerprint density at radius 3 is 2.72 bits per heavy atom. The summed E-state index contributed by atoms with van der Waals surface area (Å²) in [6.07, 6.45) is 2.12. The lowest BCUT2D eigenvalue weighted by atomic mass is 10.1. The molecule has 1 aromatic carbocycles.